The van der Waals surface area contributed by atoms with Crippen LogP contribution in [0.5, 0.6) is 0 Å². The fraction of sp³-hybridized carbons (Fsp3) is 0.773. The van der Waals surface area contributed by atoms with Gasteiger partial charge in [0.05, 0.1) is 6.61 Å². The van der Waals surface area contributed by atoms with Crippen molar-refractivity contribution in [3.63, 3.8) is 0 Å². The van der Waals surface area contributed by atoms with Gasteiger partial charge in [-0.15, -0.1) is 0 Å². The van der Waals surface area contributed by atoms with Gasteiger partial charge in [-0.1, -0.05) is 6.42 Å². The van der Waals surface area contributed by atoms with Crippen LogP contribution in [0.2, 0.25) is 0 Å². The Kier molecular flexibility index (Phi) is 13.1. The lowest BCUT2D eigenvalue weighted by molar-refractivity contribution is -0.277. The highest BCUT2D eigenvalue weighted by atomic mass is 16.7. The molecule has 1 N–H and O–H groups in total. The molecule has 1 fully saturated rings. The van der Waals surface area contributed by atoms with Crippen LogP contribution < -0.4 is 5.32 Å². The molecule has 0 aromatic rings. The Labute approximate surface area is 198 Å². The Morgan fingerprint density at radius 1 is 0.824 bits per heavy atom. The quantitative estimate of drug-likeness (QED) is 0.222. The fourth-order valence-electron chi connectivity index (χ4n) is 3.41. The zero-order valence-electron chi connectivity index (χ0n) is 20.3. The van der Waals surface area contributed by atoms with E-state index in [0.29, 0.717) is 32.3 Å². The number of nitrogens with one attached hydrogen (secondary N) is 1. The minimum atomic E-state index is -1.16. The number of carbonyl (C=O) groups excluding carboxylic acids is 5. The second-order valence-corrected chi connectivity index (χ2v) is 7.71. The maximum absolute atomic E-state index is 11.9. The summed E-state index contributed by atoms with van der Waals surface area (Å²) in [6.07, 6.45) is -2.27. The van der Waals surface area contributed by atoms with Crippen LogP contribution in [0.25, 0.3) is 0 Å². The number of hydrogen-bond donors (Lipinski definition) is 1. The van der Waals surface area contributed by atoms with Crippen molar-refractivity contribution in [3.8, 4) is 0 Å². The molecule has 0 aromatic heterocycles. The average Bonchev–Trinajstić information content (AvgIpc) is 2.72. The number of hydrogen-bond acceptors (Lipinski definition) is 11. The molecule has 0 radical (unpaired) electrons. The third-order valence-electron chi connectivity index (χ3n) is 4.68. The van der Waals surface area contributed by atoms with Gasteiger partial charge < -0.3 is 33.7 Å². The van der Waals surface area contributed by atoms with Crippen molar-refractivity contribution in [3.05, 3.63) is 0 Å². The van der Waals surface area contributed by atoms with E-state index < -0.39 is 54.5 Å². The molecule has 1 rings (SSSR count). The molecule has 194 valence electrons. The van der Waals surface area contributed by atoms with E-state index in [4.69, 9.17) is 28.4 Å². The maximum Gasteiger partial charge on any atom is 0.305 e. The second-order valence-electron chi connectivity index (χ2n) is 7.71. The lowest BCUT2D eigenvalue weighted by atomic mass is 9.96. The molecule has 1 aliphatic rings. The molecule has 1 aliphatic heterocycles. The largest absolute Gasteiger partial charge is 0.466 e. The molecule has 12 nitrogen and oxygen atoms in total. The van der Waals surface area contributed by atoms with Crippen molar-refractivity contribution in [2.45, 2.75) is 90.9 Å². The summed E-state index contributed by atoms with van der Waals surface area (Å²) in [5.41, 5.74) is 0. The molecular weight excluding hydrogens is 454 g/mol. The van der Waals surface area contributed by atoms with Crippen LogP contribution in [0.4, 0.5) is 0 Å². The van der Waals surface area contributed by atoms with Crippen molar-refractivity contribution in [2.24, 2.45) is 0 Å². The van der Waals surface area contributed by atoms with Gasteiger partial charge in [-0.3, -0.25) is 24.0 Å². The number of rotatable bonds is 13. The molecule has 0 bridgehead atoms. The lowest BCUT2D eigenvalue weighted by Gasteiger charge is -2.44. The first-order valence-electron chi connectivity index (χ1n) is 11.2. The topological polar surface area (TPSA) is 153 Å². The van der Waals surface area contributed by atoms with Gasteiger partial charge in [-0.05, 0) is 19.8 Å². The smallest absolute Gasteiger partial charge is 0.305 e. The Hall–Kier alpha value is -2.73. The molecule has 0 saturated carbocycles. The fourth-order valence-corrected chi connectivity index (χ4v) is 3.41. The second kappa shape index (κ2) is 15.2. The summed E-state index contributed by atoms with van der Waals surface area (Å²) in [5.74, 6) is -2.66. The van der Waals surface area contributed by atoms with E-state index in [9.17, 15) is 24.0 Å². The van der Waals surface area contributed by atoms with E-state index in [1.807, 2.05) is 0 Å². The summed E-state index contributed by atoms with van der Waals surface area (Å²) in [6.45, 7) is 6.79. The van der Waals surface area contributed by atoms with Crippen molar-refractivity contribution in [2.75, 3.05) is 19.8 Å². The van der Waals surface area contributed by atoms with E-state index in [2.05, 4.69) is 5.32 Å². The molecule has 12 heteroatoms. The van der Waals surface area contributed by atoms with E-state index in [0.717, 1.165) is 0 Å². The van der Waals surface area contributed by atoms with Gasteiger partial charge in [-0.2, -0.15) is 0 Å². The minimum absolute atomic E-state index is 0.203. The minimum Gasteiger partial charge on any atom is -0.466 e. The molecule has 34 heavy (non-hydrogen) atoms. The molecule has 0 aromatic carbocycles. The van der Waals surface area contributed by atoms with Crippen LogP contribution in [-0.2, 0) is 52.4 Å². The normalized spacial score (nSPS) is 24.0. The summed E-state index contributed by atoms with van der Waals surface area (Å²) < 4.78 is 32.4. The first kappa shape index (κ1) is 29.3. The zero-order valence-corrected chi connectivity index (χ0v) is 20.3. The highest BCUT2D eigenvalue weighted by Gasteiger charge is 2.51. The van der Waals surface area contributed by atoms with E-state index in [1.165, 1.54) is 27.7 Å². The number of carbonyl (C=O) groups is 5. The monoisotopic (exact) mass is 489 g/mol. The van der Waals surface area contributed by atoms with E-state index in [1.54, 1.807) is 6.92 Å². The molecule has 1 saturated heterocycles. The number of unbranched alkanes of at least 4 members (excludes halogenated alkanes) is 2. The summed E-state index contributed by atoms with van der Waals surface area (Å²) in [5, 5.41) is 2.63. The zero-order chi connectivity index (χ0) is 25.7. The van der Waals surface area contributed by atoms with Crippen LogP contribution in [0, 0.1) is 0 Å². The highest BCUT2D eigenvalue weighted by Crippen LogP contribution is 2.28. The summed E-state index contributed by atoms with van der Waals surface area (Å²) in [6, 6.07) is -1.00. The van der Waals surface area contributed by atoms with Crippen LogP contribution >= 0.6 is 0 Å². The first-order valence-corrected chi connectivity index (χ1v) is 11.2. The van der Waals surface area contributed by atoms with Gasteiger partial charge in [0.15, 0.2) is 18.5 Å². The Balaban J connectivity index is 2.96. The van der Waals surface area contributed by atoms with Crippen molar-refractivity contribution in [1.29, 1.82) is 0 Å². The van der Waals surface area contributed by atoms with Crippen molar-refractivity contribution < 1.29 is 52.4 Å². The molecule has 0 aliphatic carbocycles. The molecule has 1 heterocycles. The first-order chi connectivity index (χ1) is 16.0. The van der Waals surface area contributed by atoms with Crippen molar-refractivity contribution in [1.82, 2.24) is 5.32 Å². The third-order valence-corrected chi connectivity index (χ3v) is 4.68. The number of amides is 1. The van der Waals surface area contributed by atoms with E-state index in [-0.39, 0.29) is 19.2 Å². The molecule has 0 unspecified atom stereocenters. The van der Waals surface area contributed by atoms with Crippen LogP contribution in [-0.4, -0.2) is 80.2 Å². The van der Waals surface area contributed by atoms with Crippen LogP contribution in [0.1, 0.15) is 60.3 Å². The SMILES string of the molecule is CCOC(=O)CCCCCO[C@@H]1O[C@H](COC(C)=O)[C@@H](OC(C)=O)[C@H](OC(C)=O)[C@H]1NC(C)=O. The molecule has 5 atom stereocenters. The maximum atomic E-state index is 11.9. The molecule has 0 spiro atoms. The van der Waals surface area contributed by atoms with Crippen LogP contribution in [0.15, 0.2) is 0 Å². The Bertz CT molecular complexity index is 711. The predicted molar refractivity (Wildman–Crippen MR) is 115 cm³/mol. The van der Waals surface area contributed by atoms with Gasteiger partial charge in [-0.25, -0.2) is 0 Å². The van der Waals surface area contributed by atoms with Gasteiger partial charge in [0.2, 0.25) is 5.91 Å². The van der Waals surface area contributed by atoms with Crippen LogP contribution in [0.3, 0.4) is 0 Å². The summed E-state index contributed by atoms with van der Waals surface area (Å²) in [7, 11) is 0. The summed E-state index contributed by atoms with van der Waals surface area (Å²) in [4.78, 5) is 58.1. The van der Waals surface area contributed by atoms with Gasteiger partial charge >= 0.3 is 23.9 Å². The third kappa shape index (κ3) is 10.9. The van der Waals surface area contributed by atoms with Gasteiger partial charge in [0, 0.05) is 40.7 Å². The van der Waals surface area contributed by atoms with Gasteiger partial charge in [0.1, 0.15) is 18.8 Å². The average molecular weight is 490 g/mol. The van der Waals surface area contributed by atoms with E-state index >= 15 is 0 Å². The Morgan fingerprint density at radius 2 is 1.47 bits per heavy atom. The standard InChI is InChI=1S/C22H35NO11/c1-6-29-18(28)10-8-7-9-11-30-22-19(23-13(2)24)21(33-16(5)27)20(32-15(4)26)17(34-22)12-31-14(3)25/h17,19-22H,6-12H2,1-5H3,(H,23,24)/t17-,19-,20-,21-,22-/m1/s1. The Morgan fingerprint density at radius 3 is 2.03 bits per heavy atom. The predicted octanol–water partition coefficient (Wildman–Crippen LogP) is 0.783. The van der Waals surface area contributed by atoms with Gasteiger partial charge in [0.25, 0.3) is 0 Å². The number of esters is 4. The molecular formula is C22H35NO11. The highest BCUT2D eigenvalue weighted by molar-refractivity contribution is 5.73. The molecule has 1 amide bonds. The lowest BCUT2D eigenvalue weighted by Crippen LogP contribution is -2.66. The summed E-state index contributed by atoms with van der Waals surface area (Å²) >= 11 is 0. The number of ether oxygens (including phenoxy) is 6. The van der Waals surface area contributed by atoms with Crippen molar-refractivity contribution >= 4 is 29.8 Å².